The van der Waals surface area contributed by atoms with Crippen molar-refractivity contribution in [3.05, 3.63) is 58.9 Å². The molecule has 0 amide bonds. The highest BCUT2D eigenvalue weighted by molar-refractivity contribution is 6.35. The van der Waals surface area contributed by atoms with Crippen molar-refractivity contribution in [1.82, 2.24) is 9.55 Å². The molecule has 0 aliphatic heterocycles. The van der Waals surface area contributed by atoms with Crippen LogP contribution in [0.25, 0.3) is 16.7 Å². The number of benzene rings is 2. The van der Waals surface area contributed by atoms with Gasteiger partial charge in [-0.25, -0.2) is 13.8 Å². The Balaban J connectivity index is 2.46. The molecule has 0 saturated carbocycles. The van der Waals surface area contributed by atoms with Gasteiger partial charge in [-0.15, -0.1) is 11.6 Å². The fourth-order valence-corrected chi connectivity index (χ4v) is 2.65. The zero-order chi connectivity index (χ0) is 15.1. The van der Waals surface area contributed by atoms with Crippen molar-refractivity contribution < 1.29 is 8.78 Å². The first kappa shape index (κ1) is 14.3. The Labute approximate surface area is 129 Å². The molecule has 0 spiro atoms. The molecule has 0 fully saturated rings. The molecular weight excluding hydrogens is 317 g/mol. The van der Waals surface area contributed by atoms with Crippen LogP contribution in [0.5, 0.6) is 0 Å². The van der Waals surface area contributed by atoms with E-state index in [2.05, 4.69) is 4.98 Å². The van der Waals surface area contributed by atoms with E-state index in [1.165, 1.54) is 22.8 Å². The molecule has 0 aliphatic carbocycles. The number of alkyl halides is 1. The van der Waals surface area contributed by atoms with Gasteiger partial charge in [-0.05, 0) is 31.2 Å². The molecule has 1 heterocycles. The third kappa shape index (κ3) is 2.28. The molecule has 3 rings (SSSR count). The number of aromatic nitrogens is 2. The highest BCUT2D eigenvalue weighted by Crippen LogP contribution is 2.33. The molecule has 0 aliphatic rings. The van der Waals surface area contributed by atoms with Crippen molar-refractivity contribution in [2.24, 2.45) is 0 Å². The van der Waals surface area contributed by atoms with E-state index in [1.54, 1.807) is 25.1 Å². The summed E-state index contributed by atoms with van der Waals surface area (Å²) in [7, 11) is 0. The van der Waals surface area contributed by atoms with E-state index in [0.29, 0.717) is 21.9 Å². The number of halogens is 4. The van der Waals surface area contributed by atoms with Crippen LogP contribution in [-0.2, 0) is 0 Å². The van der Waals surface area contributed by atoms with Gasteiger partial charge in [0, 0.05) is 0 Å². The third-order valence-corrected chi connectivity index (χ3v) is 3.68. The molecule has 0 radical (unpaired) electrons. The zero-order valence-electron chi connectivity index (χ0n) is 10.9. The predicted octanol–water partition coefficient (Wildman–Crippen LogP) is 5.26. The number of rotatable bonds is 2. The summed E-state index contributed by atoms with van der Waals surface area (Å²) in [5.41, 5.74) is 0.767. The van der Waals surface area contributed by atoms with Gasteiger partial charge in [-0.1, -0.05) is 23.7 Å². The van der Waals surface area contributed by atoms with Crippen LogP contribution in [0.15, 0.2) is 36.4 Å². The maximum Gasteiger partial charge on any atom is 0.150 e. The molecule has 3 aromatic rings. The second kappa shape index (κ2) is 5.28. The van der Waals surface area contributed by atoms with Gasteiger partial charge in [0.2, 0.25) is 0 Å². The summed E-state index contributed by atoms with van der Waals surface area (Å²) in [5, 5.41) is -0.131. The van der Waals surface area contributed by atoms with E-state index in [4.69, 9.17) is 23.2 Å². The monoisotopic (exact) mass is 326 g/mol. The molecular formula is C15H10Cl2F2N2. The minimum absolute atomic E-state index is 0.204. The molecule has 1 unspecified atom stereocenters. The van der Waals surface area contributed by atoms with E-state index < -0.39 is 17.0 Å². The van der Waals surface area contributed by atoms with Crippen LogP contribution in [0.2, 0.25) is 5.02 Å². The summed E-state index contributed by atoms with van der Waals surface area (Å²) in [4.78, 5) is 4.34. The lowest BCUT2D eigenvalue weighted by atomic mass is 10.2. The second-order valence-electron chi connectivity index (χ2n) is 4.60. The van der Waals surface area contributed by atoms with Crippen molar-refractivity contribution in [2.75, 3.05) is 0 Å². The topological polar surface area (TPSA) is 17.8 Å². The summed E-state index contributed by atoms with van der Waals surface area (Å²) in [6, 6.07) is 8.76. The Morgan fingerprint density at radius 2 is 1.71 bits per heavy atom. The lowest BCUT2D eigenvalue weighted by molar-refractivity contribution is 0.567. The Morgan fingerprint density at radius 3 is 2.33 bits per heavy atom. The molecule has 21 heavy (non-hydrogen) atoms. The van der Waals surface area contributed by atoms with E-state index in [1.807, 2.05) is 0 Å². The van der Waals surface area contributed by atoms with Crippen LogP contribution in [0.4, 0.5) is 8.78 Å². The average Bonchev–Trinajstić information content (AvgIpc) is 2.80. The number of hydrogen-bond acceptors (Lipinski definition) is 1. The molecule has 0 bridgehead atoms. The van der Waals surface area contributed by atoms with Gasteiger partial charge in [0.05, 0.1) is 15.9 Å². The molecule has 2 aromatic carbocycles. The summed E-state index contributed by atoms with van der Waals surface area (Å²) in [6.45, 7) is 1.69. The van der Waals surface area contributed by atoms with Crippen molar-refractivity contribution in [1.29, 1.82) is 0 Å². The summed E-state index contributed by atoms with van der Waals surface area (Å²) in [6.07, 6.45) is 0. The van der Waals surface area contributed by atoms with Gasteiger partial charge in [0.15, 0.2) is 0 Å². The fourth-order valence-electron chi connectivity index (χ4n) is 2.29. The predicted molar refractivity (Wildman–Crippen MR) is 80.3 cm³/mol. The first-order valence-electron chi connectivity index (χ1n) is 6.26. The largest absolute Gasteiger partial charge is 0.289 e. The Bertz CT molecular complexity index is 808. The molecule has 6 heteroatoms. The third-order valence-electron chi connectivity index (χ3n) is 3.18. The first-order valence-corrected chi connectivity index (χ1v) is 7.07. The fraction of sp³-hybridized carbons (Fsp3) is 0.133. The van der Waals surface area contributed by atoms with Crippen molar-refractivity contribution >= 4 is 34.2 Å². The Hall–Kier alpha value is -1.65. The van der Waals surface area contributed by atoms with E-state index >= 15 is 0 Å². The van der Waals surface area contributed by atoms with E-state index in [9.17, 15) is 8.78 Å². The average molecular weight is 327 g/mol. The number of imidazole rings is 1. The van der Waals surface area contributed by atoms with E-state index in [-0.39, 0.29) is 5.69 Å². The van der Waals surface area contributed by atoms with Crippen molar-refractivity contribution in [3.63, 3.8) is 0 Å². The first-order chi connectivity index (χ1) is 10.0. The van der Waals surface area contributed by atoms with Crippen LogP contribution >= 0.6 is 23.2 Å². The van der Waals surface area contributed by atoms with Crippen LogP contribution in [-0.4, -0.2) is 9.55 Å². The molecule has 0 saturated heterocycles. The molecule has 1 atom stereocenters. The lowest BCUT2D eigenvalue weighted by Gasteiger charge is -2.12. The van der Waals surface area contributed by atoms with Gasteiger partial charge in [-0.2, -0.15) is 0 Å². The number of hydrogen-bond donors (Lipinski definition) is 0. The lowest BCUT2D eigenvalue weighted by Crippen LogP contribution is -2.06. The van der Waals surface area contributed by atoms with Crippen molar-refractivity contribution in [3.8, 4) is 5.69 Å². The maximum absolute atomic E-state index is 14.1. The Morgan fingerprint density at radius 1 is 1.10 bits per heavy atom. The molecule has 108 valence electrons. The normalized spacial score (nSPS) is 12.8. The van der Waals surface area contributed by atoms with Gasteiger partial charge in [-0.3, -0.25) is 4.57 Å². The number of para-hydroxylation sites is 2. The van der Waals surface area contributed by atoms with Gasteiger partial charge < -0.3 is 0 Å². The Kier molecular flexibility index (Phi) is 3.59. The smallest absolute Gasteiger partial charge is 0.150 e. The number of fused-ring (bicyclic) bond motifs is 1. The second-order valence-corrected chi connectivity index (χ2v) is 5.66. The molecule has 0 N–H and O–H groups in total. The minimum Gasteiger partial charge on any atom is -0.289 e. The zero-order valence-corrected chi connectivity index (χ0v) is 12.5. The SMILES string of the molecule is CC(Cl)c1nc2c(Cl)cccc2n1-c1c(F)cccc1F. The van der Waals surface area contributed by atoms with Crippen LogP contribution in [0.3, 0.4) is 0 Å². The maximum atomic E-state index is 14.1. The quantitative estimate of drug-likeness (QED) is 0.587. The summed E-state index contributed by atoms with van der Waals surface area (Å²) < 4.78 is 29.6. The standard InChI is InChI=1S/C15H10Cl2F2N2/c1-8(16)15-20-13-9(17)4-2-7-12(13)21(15)14-10(18)5-3-6-11(14)19/h2-8H,1H3. The molecule has 2 nitrogen and oxygen atoms in total. The summed E-state index contributed by atoms with van der Waals surface area (Å²) in [5.74, 6) is -1.04. The molecule has 1 aromatic heterocycles. The minimum atomic E-state index is -0.687. The van der Waals surface area contributed by atoms with Gasteiger partial charge in [0.25, 0.3) is 0 Å². The van der Waals surface area contributed by atoms with Crippen LogP contribution < -0.4 is 0 Å². The number of nitrogens with zero attached hydrogens (tertiary/aromatic N) is 2. The highest BCUT2D eigenvalue weighted by atomic mass is 35.5. The van der Waals surface area contributed by atoms with Crippen molar-refractivity contribution in [2.45, 2.75) is 12.3 Å². The van der Waals surface area contributed by atoms with Gasteiger partial charge >= 0.3 is 0 Å². The summed E-state index contributed by atoms with van der Waals surface area (Å²) >= 11 is 12.2. The van der Waals surface area contributed by atoms with Gasteiger partial charge in [0.1, 0.15) is 28.7 Å². The van der Waals surface area contributed by atoms with E-state index in [0.717, 1.165) is 0 Å². The van der Waals surface area contributed by atoms with Crippen LogP contribution in [0.1, 0.15) is 18.1 Å². The highest BCUT2D eigenvalue weighted by Gasteiger charge is 2.22. The van der Waals surface area contributed by atoms with Crippen LogP contribution in [0, 0.1) is 11.6 Å².